The van der Waals surface area contributed by atoms with E-state index < -0.39 is 11.5 Å². The second-order valence-corrected chi connectivity index (χ2v) is 7.83. The zero-order chi connectivity index (χ0) is 24.1. The van der Waals surface area contributed by atoms with Crippen molar-refractivity contribution >= 4 is 34.3 Å². The summed E-state index contributed by atoms with van der Waals surface area (Å²) < 4.78 is 17.5. The molecule has 3 aromatic rings. The summed E-state index contributed by atoms with van der Waals surface area (Å²) in [5.74, 6) is -0.0714. The zero-order valence-corrected chi connectivity index (χ0v) is 19.2. The van der Waals surface area contributed by atoms with Gasteiger partial charge < -0.3 is 19.1 Å². The minimum absolute atomic E-state index is 0.157. The Kier molecular flexibility index (Phi) is 7.29. The van der Waals surface area contributed by atoms with E-state index in [1.165, 1.54) is 24.5 Å². The molecule has 4 rings (SSSR count). The maximum atomic E-state index is 12.8. The fourth-order valence-corrected chi connectivity index (χ4v) is 3.60. The molecule has 0 saturated carbocycles. The van der Waals surface area contributed by atoms with Crippen molar-refractivity contribution in [1.82, 2.24) is 14.6 Å². The molecular weight excluding hydrogens is 464 g/mol. The highest BCUT2D eigenvalue weighted by atomic mass is 35.5. The van der Waals surface area contributed by atoms with Crippen LogP contribution in [0, 0.1) is 0 Å². The first-order valence-corrected chi connectivity index (χ1v) is 11.1. The quantitative estimate of drug-likeness (QED) is 0.544. The Morgan fingerprint density at radius 3 is 2.68 bits per heavy atom. The molecule has 2 heterocycles. The Bertz CT molecular complexity index is 1270. The van der Waals surface area contributed by atoms with Crippen molar-refractivity contribution in [3.63, 3.8) is 0 Å². The molecule has 2 amide bonds. The van der Waals surface area contributed by atoms with Crippen molar-refractivity contribution in [1.29, 1.82) is 0 Å². The van der Waals surface area contributed by atoms with Crippen LogP contribution in [0.2, 0.25) is 5.02 Å². The van der Waals surface area contributed by atoms with Crippen LogP contribution in [-0.2, 0) is 9.53 Å². The summed E-state index contributed by atoms with van der Waals surface area (Å²) in [6, 6.07) is 9.31. The molecule has 0 unspecified atom stereocenters. The average Bonchev–Trinajstić information content (AvgIpc) is 2.85. The third-order valence-corrected chi connectivity index (χ3v) is 5.40. The summed E-state index contributed by atoms with van der Waals surface area (Å²) in [7, 11) is 0. The summed E-state index contributed by atoms with van der Waals surface area (Å²) in [4.78, 5) is 43.7. The number of aromatic nitrogens is 2. The molecule has 10 nitrogen and oxygen atoms in total. The van der Waals surface area contributed by atoms with Gasteiger partial charge in [0.1, 0.15) is 6.33 Å². The highest BCUT2D eigenvalue weighted by Gasteiger charge is 2.19. The fraction of sp³-hybridized carbons (Fsp3) is 0.304. The second-order valence-electron chi connectivity index (χ2n) is 7.40. The Hall–Kier alpha value is -3.63. The van der Waals surface area contributed by atoms with Crippen molar-refractivity contribution in [2.75, 3.05) is 44.9 Å². The van der Waals surface area contributed by atoms with E-state index in [2.05, 4.69) is 10.4 Å². The molecule has 0 atom stereocenters. The van der Waals surface area contributed by atoms with Crippen LogP contribution >= 0.6 is 11.6 Å². The number of ether oxygens (including phenoxy) is 3. The molecule has 2 aromatic carbocycles. The van der Waals surface area contributed by atoms with E-state index in [9.17, 15) is 14.4 Å². The summed E-state index contributed by atoms with van der Waals surface area (Å²) in [6.07, 6.45) is 1.23. The van der Waals surface area contributed by atoms with Gasteiger partial charge in [0.15, 0.2) is 18.1 Å². The van der Waals surface area contributed by atoms with Crippen LogP contribution in [0.3, 0.4) is 0 Å². The summed E-state index contributed by atoms with van der Waals surface area (Å²) in [5, 5.41) is 0.665. The second kappa shape index (κ2) is 10.5. The van der Waals surface area contributed by atoms with Gasteiger partial charge in [-0.15, -0.1) is 0 Å². The molecule has 0 bridgehead atoms. The van der Waals surface area contributed by atoms with E-state index in [1.54, 1.807) is 30.0 Å². The lowest BCUT2D eigenvalue weighted by atomic mass is 10.2. The van der Waals surface area contributed by atoms with Gasteiger partial charge in [-0.3, -0.25) is 19.8 Å². The van der Waals surface area contributed by atoms with Gasteiger partial charge in [0.05, 0.1) is 30.7 Å². The average molecular weight is 487 g/mol. The van der Waals surface area contributed by atoms with Crippen LogP contribution in [0.4, 0.5) is 0 Å². The van der Waals surface area contributed by atoms with Crippen molar-refractivity contribution in [2.45, 2.75) is 6.92 Å². The molecule has 1 N–H and O–H groups in total. The SMILES string of the molecule is CCOc1cc(C(=O)Nn2cnc3ccc(Cl)cc3c2=O)ccc1OCC(=O)N1CCOCC1. The minimum atomic E-state index is -0.554. The predicted molar refractivity (Wildman–Crippen MR) is 125 cm³/mol. The summed E-state index contributed by atoms with van der Waals surface area (Å²) in [5.41, 5.74) is 2.74. The number of rotatable bonds is 7. The highest BCUT2D eigenvalue weighted by molar-refractivity contribution is 6.31. The number of hydrogen-bond acceptors (Lipinski definition) is 7. The van der Waals surface area contributed by atoms with Gasteiger partial charge in [-0.2, -0.15) is 0 Å². The minimum Gasteiger partial charge on any atom is -0.490 e. The van der Waals surface area contributed by atoms with Gasteiger partial charge in [-0.05, 0) is 43.3 Å². The largest absolute Gasteiger partial charge is 0.490 e. The van der Waals surface area contributed by atoms with E-state index in [0.717, 1.165) is 4.68 Å². The van der Waals surface area contributed by atoms with Crippen LogP contribution in [0.15, 0.2) is 47.5 Å². The molecule has 34 heavy (non-hydrogen) atoms. The standard InChI is InChI=1S/C23H23ClN4O6/c1-2-33-20-11-15(3-6-19(20)34-13-21(29)27-7-9-32-10-8-27)22(30)26-28-14-25-18-5-4-16(24)12-17(18)23(28)31/h3-6,11-12,14H,2,7-10,13H2,1H3,(H,26,30). The number of fused-ring (bicyclic) bond motifs is 1. The van der Waals surface area contributed by atoms with Gasteiger partial charge in [-0.25, -0.2) is 9.66 Å². The fourth-order valence-electron chi connectivity index (χ4n) is 3.43. The van der Waals surface area contributed by atoms with Crippen LogP contribution in [-0.4, -0.2) is 65.9 Å². The van der Waals surface area contributed by atoms with Gasteiger partial charge in [0.2, 0.25) is 0 Å². The topological polar surface area (TPSA) is 112 Å². The monoisotopic (exact) mass is 486 g/mol. The van der Waals surface area contributed by atoms with Crippen molar-refractivity contribution in [2.24, 2.45) is 0 Å². The first-order chi connectivity index (χ1) is 16.5. The van der Waals surface area contributed by atoms with Crippen LogP contribution in [0.1, 0.15) is 17.3 Å². The molecule has 1 fully saturated rings. The number of morpholine rings is 1. The Labute approximate surface area is 200 Å². The third kappa shape index (κ3) is 5.29. The normalized spacial score (nSPS) is 13.5. The van der Waals surface area contributed by atoms with E-state index in [-0.39, 0.29) is 23.5 Å². The van der Waals surface area contributed by atoms with Crippen LogP contribution < -0.4 is 20.5 Å². The predicted octanol–water partition coefficient (Wildman–Crippen LogP) is 2.07. The van der Waals surface area contributed by atoms with Crippen LogP contribution in [0.25, 0.3) is 10.9 Å². The maximum absolute atomic E-state index is 12.8. The lowest BCUT2D eigenvalue weighted by molar-refractivity contribution is -0.137. The number of carbonyl (C=O) groups excluding carboxylic acids is 2. The number of nitrogens with one attached hydrogen (secondary N) is 1. The molecule has 1 aliphatic heterocycles. The molecule has 0 radical (unpaired) electrons. The molecule has 1 aromatic heterocycles. The molecule has 1 aliphatic rings. The third-order valence-electron chi connectivity index (χ3n) is 5.16. The molecule has 178 valence electrons. The number of hydrogen-bond donors (Lipinski definition) is 1. The maximum Gasteiger partial charge on any atom is 0.280 e. The Balaban J connectivity index is 1.49. The summed E-state index contributed by atoms with van der Waals surface area (Å²) >= 11 is 5.98. The molecular formula is C23H23ClN4O6. The van der Waals surface area contributed by atoms with E-state index >= 15 is 0 Å². The van der Waals surface area contributed by atoms with E-state index in [1.807, 2.05) is 0 Å². The van der Waals surface area contributed by atoms with E-state index in [0.29, 0.717) is 54.9 Å². The van der Waals surface area contributed by atoms with Crippen molar-refractivity contribution in [3.8, 4) is 11.5 Å². The number of nitrogens with zero attached hydrogens (tertiary/aromatic N) is 3. The zero-order valence-electron chi connectivity index (χ0n) is 18.5. The smallest absolute Gasteiger partial charge is 0.280 e. The van der Waals surface area contributed by atoms with Crippen molar-refractivity contribution < 1.29 is 23.8 Å². The molecule has 0 spiro atoms. The molecule has 11 heteroatoms. The number of amides is 2. The van der Waals surface area contributed by atoms with E-state index in [4.69, 9.17) is 25.8 Å². The Morgan fingerprint density at radius 1 is 1.12 bits per heavy atom. The van der Waals surface area contributed by atoms with Gasteiger partial charge in [-0.1, -0.05) is 11.6 Å². The lowest BCUT2D eigenvalue weighted by Gasteiger charge is -2.26. The highest BCUT2D eigenvalue weighted by Crippen LogP contribution is 2.28. The van der Waals surface area contributed by atoms with Gasteiger partial charge in [0, 0.05) is 23.7 Å². The summed E-state index contributed by atoms with van der Waals surface area (Å²) in [6.45, 7) is 4.01. The lowest BCUT2D eigenvalue weighted by Crippen LogP contribution is -2.43. The number of carbonyl (C=O) groups is 2. The first kappa shape index (κ1) is 23.5. The van der Waals surface area contributed by atoms with Crippen molar-refractivity contribution in [3.05, 3.63) is 63.7 Å². The first-order valence-electron chi connectivity index (χ1n) is 10.7. The number of halogens is 1. The van der Waals surface area contributed by atoms with Gasteiger partial charge in [0.25, 0.3) is 17.4 Å². The Morgan fingerprint density at radius 2 is 1.91 bits per heavy atom. The van der Waals surface area contributed by atoms with Crippen LogP contribution in [0.5, 0.6) is 11.5 Å². The van der Waals surface area contributed by atoms with Gasteiger partial charge >= 0.3 is 0 Å². The molecule has 0 aliphatic carbocycles. The molecule has 1 saturated heterocycles. The number of benzene rings is 2.